The molecule has 0 N–H and O–H groups in total. The van der Waals surface area contributed by atoms with Gasteiger partial charge in [0.05, 0.1) is 23.0 Å². The Labute approximate surface area is 147 Å². The van der Waals surface area contributed by atoms with Crippen LogP contribution >= 0.6 is 11.6 Å². The van der Waals surface area contributed by atoms with Gasteiger partial charge in [-0.25, -0.2) is 0 Å². The first-order chi connectivity index (χ1) is 12.4. The molecule has 0 amide bonds. The highest BCUT2D eigenvalue weighted by Crippen LogP contribution is 2.36. The molecule has 0 aliphatic carbocycles. The summed E-state index contributed by atoms with van der Waals surface area (Å²) in [4.78, 5) is 7.52. The van der Waals surface area contributed by atoms with Crippen molar-refractivity contribution in [2.75, 3.05) is 0 Å². The van der Waals surface area contributed by atoms with Crippen LogP contribution in [0.3, 0.4) is 0 Å². The van der Waals surface area contributed by atoms with Crippen LogP contribution in [0, 0.1) is 0 Å². The number of tetrazole rings is 1. The summed E-state index contributed by atoms with van der Waals surface area (Å²) in [7, 11) is 0. The maximum atomic E-state index is 12.6. The molecule has 3 rings (SSSR count). The van der Waals surface area contributed by atoms with E-state index in [4.69, 9.17) is 16.3 Å². The van der Waals surface area contributed by atoms with Crippen molar-refractivity contribution in [3.8, 4) is 28.9 Å². The van der Waals surface area contributed by atoms with Crippen molar-refractivity contribution in [2.24, 2.45) is 0 Å². The Hall–Kier alpha value is -3.02. The normalized spacial score (nSPS) is 11.2. The van der Waals surface area contributed by atoms with Gasteiger partial charge in [-0.3, -0.25) is 0 Å². The maximum absolute atomic E-state index is 12.6. The molecule has 2 heterocycles. The lowest BCUT2D eigenvalue weighted by atomic mass is 10.2. The smallest absolute Gasteiger partial charge is 0.387 e. The molecule has 8 nitrogen and oxygen atoms in total. The zero-order valence-electron chi connectivity index (χ0n) is 12.4. The van der Waals surface area contributed by atoms with Crippen LogP contribution in [0.4, 0.5) is 17.6 Å². The van der Waals surface area contributed by atoms with Crippen molar-refractivity contribution in [2.45, 2.75) is 13.2 Å². The predicted octanol–water partition coefficient (Wildman–Crippen LogP) is 3.57. The van der Waals surface area contributed by atoms with E-state index in [9.17, 15) is 17.6 Å². The zero-order chi connectivity index (χ0) is 18.7. The molecule has 0 bridgehead atoms. The first kappa shape index (κ1) is 17.8. The average Bonchev–Trinajstić information content (AvgIpc) is 3.06. The van der Waals surface area contributed by atoms with Gasteiger partial charge in [-0.05, 0) is 17.3 Å². The number of alkyl halides is 4. The van der Waals surface area contributed by atoms with Crippen molar-refractivity contribution in [3.05, 3.63) is 35.6 Å². The SMILES string of the molecule is FC(F)Oc1cnc(Oc2cccc(Cl)c2-c2nnn(C(F)F)n2)nc1. The van der Waals surface area contributed by atoms with E-state index in [-0.39, 0.29) is 38.7 Å². The van der Waals surface area contributed by atoms with E-state index in [1.807, 2.05) is 0 Å². The van der Waals surface area contributed by atoms with E-state index in [1.54, 1.807) is 0 Å². The Morgan fingerprint density at radius 1 is 1.08 bits per heavy atom. The minimum atomic E-state index is -3.02. The highest BCUT2D eigenvalue weighted by molar-refractivity contribution is 6.33. The molecule has 0 saturated carbocycles. The Bertz CT molecular complexity index is 893. The molecule has 3 aromatic rings. The molecular weight excluding hydrogens is 384 g/mol. The van der Waals surface area contributed by atoms with Gasteiger partial charge in [-0.1, -0.05) is 22.5 Å². The second-order valence-electron chi connectivity index (χ2n) is 4.51. The third-order valence-electron chi connectivity index (χ3n) is 2.83. The fourth-order valence-corrected chi connectivity index (χ4v) is 2.08. The Morgan fingerprint density at radius 3 is 2.42 bits per heavy atom. The van der Waals surface area contributed by atoms with Crippen LogP contribution in [0.15, 0.2) is 30.6 Å². The van der Waals surface area contributed by atoms with Gasteiger partial charge in [-0.2, -0.15) is 27.5 Å². The quantitative estimate of drug-likeness (QED) is 0.594. The summed E-state index contributed by atoms with van der Waals surface area (Å²) in [5.41, 5.74) is 0.0811. The minimum Gasteiger partial charge on any atom is -0.432 e. The van der Waals surface area contributed by atoms with Crippen LogP contribution < -0.4 is 9.47 Å². The number of benzene rings is 1. The molecule has 0 saturated heterocycles. The molecular formula is C13H7ClF4N6O2. The number of aromatic nitrogens is 6. The molecule has 1 aromatic carbocycles. The van der Waals surface area contributed by atoms with E-state index in [0.717, 1.165) is 12.4 Å². The third-order valence-corrected chi connectivity index (χ3v) is 3.15. The monoisotopic (exact) mass is 390 g/mol. The first-order valence-electron chi connectivity index (χ1n) is 6.75. The fourth-order valence-electron chi connectivity index (χ4n) is 1.83. The number of rotatable bonds is 6. The molecule has 0 spiro atoms. The topological polar surface area (TPSA) is 87.8 Å². The number of hydrogen-bond donors (Lipinski definition) is 0. The standard InChI is InChI=1S/C13H7ClF4N6O2/c14-7-2-1-3-8(9(7)10-21-23-24(22-10)11(15)16)26-13-19-4-6(5-20-13)25-12(17)18/h1-5,11-12H. The summed E-state index contributed by atoms with van der Waals surface area (Å²) >= 11 is 6.07. The number of ether oxygens (including phenoxy) is 2. The van der Waals surface area contributed by atoms with Crippen LogP contribution in [0.2, 0.25) is 5.02 Å². The van der Waals surface area contributed by atoms with Gasteiger partial charge in [0, 0.05) is 0 Å². The molecule has 0 unspecified atom stereocenters. The van der Waals surface area contributed by atoms with Gasteiger partial charge in [0.25, 0.3) is 0 Å². The van der Waals surface area contributed by atoms with Crippen molar-refractivity contribution in [3.63, 3.8) is 0 Å². The van der Waals surface area contributed by atoms with Crippen molar-refractivity contribution >= 4 is 11.6 Å². The Kier molecular flexibility index (Phi) is 5.11. The highest BCUT2D eigenvalue weighted by atomic mass is 35.5. The molecule has 136 valence electrons. The van der Waals surface area contributed by atoms with Gasteiger partial charge >= 0.3 is 19.2 Å². The molecule has 0 fully saturated rings. The van der Waals surface area contributed by atoms with E-state index in [1.165, 1.54) is 18.2 Å². The van der Waals surface area contributed by atoms with Crippen LogP contribution in [0.1, 0.15) is 6.55 Å². The second kappa shape index (κ2) is 7.47. The molecule has 0 aliphatic rings. The minimum absolute atomic E-state index is 0.0499. The highest BCUT2D eigenvalue weighted by Gasteiger charge is 2.20. The van der Waals surface area contributed by atoms with Crippen LogP contribution in [0.5, 0.6) is 17.5 Å². The summed E-state index contributed by atoms with van der Waals surface area (Å²) < 4.78 is 59.0. The van der Waals surface area contributed by atoms with Crippen molar-refractivity contribution in [1.82, 2.24) is 30.2 Å². The lowest BCUT2D eigenvalue weighted by Crippen LogP contribution is -2.03. The molecule has 0 atom stereocenters. The van der Waals surface area contributed by atoms with Crippen molar-refractivity contribution < 1.29 is 27.0 Å². The van der Waals surface area contributed by atoms with Gasteiger partial charge < -0.3 is 9.47 Å². The molecule has 0 radical (unpaired) electrons. The number of halogens is 5. The largest absolute Gasteiger partial charge is 0.432 e. The molecule has 13 heteroatoms. The van der Waals surface area contributed by atoms with Crippen LogP contribution in [-0.2, 0) is 0 Å². The zero-order valence-corrected chi connectivity index (χ0v) is 13.2. The van der Waals surface area contributed by atoms with E-state index in [0.29, 0.717) is 0 Å². The summed E-state index contributed by atoms with van der Waals surface area (Å²) in [6, 6.07) is 4.20. The summed E-state index contributed by atoms with van der Waals surface area (Å²) in [6.07, 6.45) is 1.95. The lowest BCUT2D eigenvalue weighted by molar-refractivity contribution is -0.0503. The Balaban J connectivity index is 1.89. The Morgan fingerprint density at radius 2 is 1.81 bits per heavy atom. The van der Waals surface area contributed by atoms with E-state index >= 15 is 0 Å². The van der Waals surface area contributed by atoms with Gasteiger partial charge in [0.15, 0.2) is 5.75 Å². The molecule has 26 heavy (non-hydrogen) atoms. The van der Waals surface area contributed by atoms with E-state index < -0.39 is 13.2 Å². The average molecular weight is 391 g/mol. The first-order valence-corrected chi connectivity index (χ1v) is 7.13. The van der Waals surface area contributed by atoms with Crippen LogP contribution in [-0.4, -0.2) is 36.8 Å². The molecule has 0 aliphatic heterocycles. The van der Waals surface area contributed by atoms with Gasteiger partial charge in [-0.15, -0.1) is 10.2 Å². The maximum Gasteiger partial charge on any atom is 0.387 e. The summed E-state index contributed by atoms with van der Waals surface area (Å²) in [5, 5.41) is 10.4. The summed E-state index contributed by atoms with van der Waals surface area (Å²) in [5.74, 6) is -0.419. The predicted molar refractivity (Wildman–Crippen MR) is 78.3 cm³/mol. The van der Waals surface area contributed by atoms with Crippen molar-refractivity contribution in [1.29, 1.82) is 0 Å². The van der Waals surface area contributed by atoms with E-state index in [2.05, 4.69) is 30.1 Å². The fraction of sp³-hybridized carbons (Fsp3) is 0.154. The summed E-state index contributed by atoms with van der Waals surface area (Å²) in [6.45, 7) is -6.00. The van der Waals surface area contributed by atoms with Gasteiger partial charge in [0.2, 0.25) is 5.82 Å². The van der Waals surface area contributed by atoms with Crippen LogP contribution in [0.25, 0.3) is 11.4 Å². The number of hydrogen-bond acceptors (Lipinski definition) is 7. The second-order valence-corrected chi connectivity index (χ2v) is 4.91. The lowest BCUT2D eigenvalue weighted by Gasteiger charge is -2.09. The number of nitrogens with zero attached hydrogens (tertiary/aromatic N) is 6. The van der Waals surface area contributed by atoms with Gasteiger partial charge in [0.1, 0.15) is 5.75 Å². The third kappa shape index (κ3) is 3.96. The molecule has 2 aromatic heterocycles.